The molecule has 3 rings (SSSR count). The molecule has 1 heterocycles. The first-order valence-electron chi connectivity index (χ1n) is 9.36. The number of para-hydroxylation sites is 1. The summed E-state index contributed by atoms with van der Waals surface area (Å²) in [4.78, 5) is 17.3. The van der Waals surface area contributed by atoms with Crippen LogP contribution in [0.4, 0.5) is 0 Å². The number of carbonyl (C=O) groups excluding carboxylic acids is 1. The first kappa shape index (κ1) is 18.5. The first-order chi connectivity index (χ1) is 12.6. The van der Waals surface area contributed by atoms with Gasteiger partial charge in [0.2, 0.25) is 0 Å². The SMILES string of the molecule is CN(C)C1CCCN(C(=O)c2ccccc2OCc2ccccc2)CC1. The summed E-state index contributed by atoms with van der Waals surface area (Å²) in [6, 6.07) is 18.2. The van der Waals surface area contributed by atoms with E-state index in [4.69, 9.17) is 4.74 Å². The maximum atomic E-state index is 13.1. The van der Waals surface area contributed by atoms with Crippen LogP contribution in [0.3, 0.4) is 0 Å². The highest BCUT2D eigenvalue weighted by molar-refractivity contribution is 5.97. The van der Waals surface area contributed by atoms with E-state index in [2.05, 4.69) is 19.0 Å². The number of carbonyl (C=O) groups is 1. The van der Waals surface area contributed by atoms with Crippen molar-refractivity contribution in [1.29, 1.82) is 0 Å². The standard InChI is InChI=1S/C22H28N2O2/c1-23(2)19-11-8-15-24(16-14-19)22(25)20-12-6-7-13-21(20)26-17-18-9-4-3-5-10-18/h3-7,9-10,12-13,19H,8,11,14-17H2,1-2H3. The second kappa shape index (κ2) is 8.86. The van der Waals surface area contributed by atoms with Crippen molar-refractivity contribution in [3.63, 3.8) is 0 Å². The largest absolute Gasteiger partial charge is 0.488 e. The van der Waals surface area contributed by atoms with Crippen LogP contribution in [0.2, 0.25) is 0 Å². The zero-order chi connectivity index (χ0) is 18.4. The molecule has 1 aliphatic heterocycles. The van der Waals surface area contributed by atoms with Gasteiger partial charge in [-0.1, -0.05) is 42.5 Å². The van der Waals surface area contributed by atoms with Crippen LogP contribution in [0.5, 0.6) is 5.75 Å². The predicted octanol–water partition coefficient (Wildman–Crippen LogP) is 3.82. The third-order valence-electron chi connectivity index (χ3n) is 5.07. The minimum atomic E-state index is 0.0769. The number of benzene rings is 2. The molecule has 26 heavy (non-hydrogen) atoms. The van der Waals surface area contributed by atoms with Gasteiger partial charge >= 0.3 is 0 Å². The van der Waals surface area contributed by atoms with Gasteiger partial charge in [-0.25, -0.2) is 0 Å². The predicted molar refractivity (Wildman–Crippen MR) is 104 cm³/mol. The lowest BCUT2D eigenvalue weighted by Gasteiger charge is -2.24. The smallest absolute Gasteiger partial charge is 0.257 e. The molecule has 4 heteroatoms. The number of likely N-dealkylation sites (tertiary alicyclic amines) is 1. The lowest BCUT2D eigenvalue weighted by molar-refractivity contribution is 0.0753. The van der Waals surface area contributed by atoms with Gasteiger partial charge in [0, 0.05) is 19.1 Å². The Morgan fingerprint density at radius 1 is 1.04 bits per heavy atom. The minimum absolute atomic E-state index is 0.0769. The number of amides is 1. The van der Waals surface area contributed by atoms with Crippen LogP contribution in [0, 0.1) is 0 Å². The maximum absolute atomic E-state index is 13.1. The summed E-state index contributed by atoms with van der Waals surface area (Å²) in [5, 5.41) is 0. The fraction of sp³-hybridized carbons (Fsp3) is 0.409. The summed E-state index contributed by atoms with van der Waals surface area (Å²) in [6.45, 7) is 2.08. The van der Waals surface area contributed by atoms with Crippen LogP contribution in [-0.4, -0.2) is 48.9 Å². The molecule has 1 atom stereocenters. The van der Waals surface area contributed by atoms with Crippen molar-refractivity contribution in [2.75, 3.05) is 27.2 Å². The van der Waals surface area contributed by atoms with Crippen molar-refractivity contribution in [2.45, 2.75) is 31.9 Å². The van der Waals surface area contributed by atoms with Gasteiger partial charge in [-0.15, -0.1) is 0 Å². The Morgan fingerprint density at radius 2 is 1.77 bits per heavy atom. The molecule has 2 aromatic carbocycles. The zero-order valence-electron chi connectivity index (χ0n) is 15.7. The molecule has 1 unspecified atom stereocenters. The van der Waals surface area contributed by atoms with E-state index in [-0.39, 0.29) is 5.91 Å². The molecule has 138 valence electrons. The molecule has 0 radical (unpaired) electrons. The van der Waals surface area contributed by atoms with Crippen LogP contribution < -0.4 is 4.74 Å². The molecule has 0 aliphatic carbocycles. The van der Waals surface area contributed by atoms with Crippen molar-refractivity contribution in [2.24, 2.45) is 0 Å². The number of hydrogen-bond acceptors (Lipinski definition) is 3. The maximum Gasteiger partial charge on any atom is 0.257 e. The van der Waals surface area contributed by atoms with Gasteiger partial charge in [0.05, 0.1) is 5.56 Å². The molecule has 1 saturated heterocycles. The van der Waals surface area contributed by atoms with Gasteiger partial charge in [0.15, 0.2) is 0 Å². The molecule has 0 spiro atoms. The second-order valence-electron chi connectivity index (χ2n) is 7.11. The monoisotopic (exact) mass is 352 g/mol. The molecule has 1 aliphatic rings. The van der Waals surface area contributed by atoms with Crippen molar-refractivity contribution in [3.8, 4) is 5.75 Å². The lowest BCUT2D eigenvalue weighted by atomic mass is 10.1. The third kappa shape index (κ3) is 4.64. The van der Waals surface area contributed by atoms with E-state index in [0.29, 0.717) is 24.0 Å². The van der Waals surface area contributed by atoms with E-state index < -0.39 is 0 Å². The normalized spacial score (nSPS) is 17.8. The molecule has 2 aromatic rings. The van der Waals surface area contributed by atoms with Crippen molar-refractivity contribution < 1.29 is 9.53 Å². The summed E-state index contributed by atoms with van der Waals surface area (Å²) in [7, 11) is 4.24. The molecular weight excluding hydrogens is 324 g/mol. The Kier molecular flexibility index (Phi) is 6.29. The third-order valence-corrected chi connectivity index (χ3v) is 5.07. The quantitative estimate of drug-likeness (QED) is 0.820. The van der Waals surface area contributed by atoms with E-state index >= 15 is 0 Å². The van der Waals surface area contributed by atoms with Crippen molar-refractivity contribution in [3.05, 3.63) is 65.7 Å². The van der Waals surface area contributed by atoms with Crippen molar-refractivity contribution in [1.82, 2.24) is 9.80 Å². The highest BCUT2D eigenvalue weighted by atomic mass is 16.5. The Labute approximate surface area is 156 Å². The summed E-state index contributed by atoms with van der Waals surface area (Å²) in [5.41, 5.74) is 1.75. The van der Waals surface area contributed by atoms with E-state index in [1.165, 1.54) is 0 Å². The number of rotatable bonds is 5. The van der Waals surface area contributed by atoms with E-state index in [9.17, 15) is 4.79 Å². The summed E-state index contributed by atoms with van der Waals surface area (Å²) >= 11 is 0. The molecule has 0 N–H and O–H groups in total. The fourth-order valence-corrected chi connectivity index (χ4v) is 3.47. The van der Waals surface area contributed by atoms with Crippen LogP contribution in [0.1, 0.15) is 35.2 Å². The summed E-state index contributed by atoms with van der Waals surface area (Å²) in [5.74, 6) is 0.739. The van der Waals surface area contributed by atoms with Gasteiger partial charge < -0.3 is 14.5 Å². The van der Waals surface area contributed by atoms with E-state index in [1.54, 1.807) is 0 Å². The van der Waals surface area contributed by atoms with Gasteiger partial charge in [-0.05, 0) is 51.1 Å². The highest BCUT2D eigenvalue weighted by Gasteiger charge is 2.24. The molecule has 0 bridgehead atoms. The molecule has 4 nitrogen and oxygen atoms in total. The van der Waals surface area contributed by atoms with Gasteiger partial charge in [0.25, 0.3) is 5.91 Å². The van der Waals surface area contributed by atoms with Gasteiger partial charge in [-0.3, -0.25) is 4.79 Å². The van der Waals surface area contributed by atoms with Crippen LogP contribution >= 0.6 is 0 Å². The molecule has 1 fully saturated rings. The van der Waals surface area contributed by atoms with Gasteiger partial charge in [-0.2, -0.15) is 0 Å². The van der Waals surface area contributed by atoms with E-state index in [0.717, 1.165) is 37.9 Å². The Hall–Kier alpha value is -2.33. The Morgan fingerprint density at radius 3 is 2.54 bits per heavy atom. The van der Waals surface area contributed by atoms with E-state index in [1.807, 2.05) is 59.5 Å². The number of ether oxygens (including phenoxy) is 1. The fourth-order valence-electron chi connectivity index (χ4n) is 3.47. The molecule has 1 amide bonds. The average Bonchev–Trinajstić information content (AvgIpc) is 2.93. The highest BCUT2D eigenvalue weighted by Crippen LogP contribution is 2.23. The first-order valence-corrected chi connectivity index (χ1v) is 9.36. The second-order valence-corrected chi connectivity index (χ2v) is 7.11. The van der Waals surface area contributed by atoms with Crippen molar-refractivity contribution >= 4 is 5.91 Å². The zero-order valence-corrected chi connectivity index (χ0v) is 15.7. The number of nitrogens with zero attached hydrogens (tertiary/aromatic N) is 2. The van der Waals surface area contributed by atoms with Crippen LogP contribution in [0.15, 0.2) is 54.6 Å². The van der Waals surface area contributed by atoms with Crippen LogP contribution in [0.25, 0.3) is 0 Å². The molecular formula is C22H28N2O2. The average molecular weight is 352 g/mol. The topological polar surface area (TPSA) is 32.8 Å². The minimum Gasteiger partial charge on any atom is -0.488 e. The molecule has 0 aromatic heterocycles. The van der Waals surface area contributed by atoms with Gasteiger partial charge in [0.1, 0.15) is 12.4 Å². The Bertz CT molecular complexity index is 715. The summed E-state index contributed by atoms with van der Waals surface area (Å²) in [6.07, 6.45) is 3.20. The molecule has 0 saturated carbocycles. The Balaban J connectivity index is 1.69. The number of hydrogen-bond donors (Lipinski definition) is 0. The lowest BCUT2D eigenvalue weighted by Crippen LogP contribution is -2.34. The van der Waals surface area contributed by atoms with Crippen LogP contribution in [-0.2, 0) is 6.61 Å². The summed E-state index contributed by atoms with van der Waals surface area (Å²) < 4.78 is 5.97.